The third-order valence-corrected chi connectivity index (χ3v) is 4.41. The molecular formula is C19H26N2O2. The highest BCUT2D eigenvalue weighted by atomic mass is 16.3. The minimum Gasteiger partial charge on any atom is -0.461 e. The Labute approximate surface area is 138 Å². The summed E-state index contributed by atoms with van der Waals surface area (Å²) in [6.45, 7) is 5.25. The van der Waals surface area contributed by atoms with E-state index in [0.717, 1.165) is 49.7 Å². The van der Waals surface area contributed by atoms with Crippen LogP contribution in [0.5, 0.6) is 0 Å². The maximum Gasteiger partial charge on any atom is 0.134 e. The molecule has 0 aliphatic carbocycles. The highest BCUT2D eigenvalue weighted by molar-refractivity contribution is 5.57. The Bertz CT molecular complexity index is 648. The van der Waals surface area contributed by atoms with Crippen LogP contribution in [0.15, 0.2) is 40.8 Å². The van der Waals surface area contributed by atoms with Gasteiger partial charge >= 0.3 is 0 Å². The van der Waals surface area contributed by atoms with E-state index in [9.17, 15) is 5.11 Å². The van der Waals surface area contributed by atoms with Crippen molar-refractivity contribution in [3.05, 3.63) is 47.7 Å². The molecule has 4 nitrogen and oxygen atoms in total. The van der Waals surface area contributed by atoms with Crippen molar-refractivity contribution in [2.45, 2.75) is 25.5 Å². The molecule has 1 atom stereocenters. The zero-order valence-corrected chi connectivity index (χ0v) is 14.2. The van der Waals surface area contributed by atoms with E-state index in [1.54, 1.807) is 0 Å². The number of aryl methyl sites for hydroxylation is 1. The smallest absolute Gasteiger partial charge is 0.134 e. The lowest BCUT2D eigenvalue weighted by molar-refractivity contribution is 0.0240. The summed E-state index contributed by atoms with van der Waals surface area (Å²) in [5.74, 6) is 1.84. The summed E-state index contributed by atoms with van der Waals surface area (Å²) in [7, 11) is 4.02. The number of nitrogens with zero attached hydrogens (tertiary/aromatic N) is 2. The summed E-state index contributed by atoms with van der Waals surface area (Å²) in [4.78, 5) is 4.39. The Balaban J connectivity index is 1.61. The number of β-amino-alcohol motifs (C(OH)–C–C–N with tert-alkyl or cyclic N) is 1. The fourth-order valence-corrected chi connectivity index (χ4v) is 3.42. The number of furan rings is 1. The topological polar surface area (TPSA) is 39.9 Å². The standard InChI is InChI=1S/C19H26N2O2/c1-15-4-9-18(23-15)17-7-5-16(6-8-17)12-21-11-10-19(22,14-21)13-20(2)3/h4-9,22H,10-14H2,1-3H3/t19-/m1/s1. The summed E-state index contributed by atoms with van der Waals surface area (Å²) in [5.41, 5.74) is 1.80. The third-order valence-electron chi connectivity index (χ3n) is 4.41. The van der Waals surface area contributed by atoms with Crippen LogP contribution in [0.3, 0.4) is 0 Å². The molecule has 0 bridgehead atoms. The molecule has 0 saturated carbocycles. The van der Waals surface area contributed by atoms with Gasteiger partial charge in [-0.15, -0.1) is 0 Å². The van der Waals surface area contributed by atoms with Crippen molar-refractivity contribution in [1.29, 1.82) is 0 Å². The van der Waals surface area contributed by atoms with E-state index in [4.69, 9.17) is 4.42 Å². The van der Waals surface area contributed by atoms with Crippen molar-refractivity contribution in [2.75, 3.05) is 33.7 Å². The number of hydrogen-bond donors (Lipinski definition) is 1. The Hall–Kier alpha value is -1.62. The van der Waals surface area contributed by atoms with Crippen LogP contribution in [0.1, 0.15) is 17.7 Å². The Morgan fingerprint density at radius 2 is 1.91 bits per heavy atom. The number of aliphatic hydroxyl groups is 1. The summed E-state index contributed by atoms with van der Waals surface area (Å²) in [6, 6.07) is 12.5. The lowest BCUT2D eigenvalue weighted by Crippen LogP contribution is -2.42. The van der Waals surface area contributed by atoms with Crippen LogP contribution in [0.2, 0.25) is 0 Å². The second kappa shape index (κ2) is 6.48. The zero-order valence-electron chi connectivity index (χ0n) is 14.2. The molecule has 0 amide bonds. The van der Waals surface area contributed by atoms with Gasteiger partial charge in [0.25, 0.3) is 0 Å². The maximum atomic E-state index is 10.6. The maximum absolute atomic E-state index is 10.6. The van der Waals surface area contributed by atoms with Gasteiger partial charge in [0.15, 0.2) is 0 Å². The molecule has 1 aliphatic rings. The molecule has 3 rings (SSSR count). The molecule has 2 aromatic rings. The van der Waals surface area contributed by atoms with Gasteiger partial charge in [-0.25, -0.2) is 0 Å². The van der Waals surface area contributed by atoms with Crippen LogP contribution >= 0.6 is 0 Å². The van der Waals surface area contributed by atoms with Crippen LogP contribution in [-0.4, -0.2) is 54.2 Å². The zero-order chi connectivity index (χ0) is 16.4. The van der Waals surface area contributed by atoms with Gasteiger partial charge < -0.3 is 14.4 Å². The molecule has 1 aromatic heterocycles. The van der Waals surface area contributed by atoms with Crippen molar-refractivity contribution in [3.63, 3.8) is 0 Å². The minimum absolute atomic E-state index is 0.574. The summed E-state index contributed by atoms with van der Waals surface area (Å²) < 4.78 is 5.66. The molecule has 124 valence electrons. The first kappa shape index (κ1) is 16.2. The van der Waals surface area contributed by atoms with E-state index in [-0.39, 0.29) is 0 Å². The summed E-state index contributed by atoms with van der Waals surface area (Å²) >= 11 is 0. The number of likely N-dealkylation sites (tertiary alicyclic amines) is 1. The van der Waals surface area contributed by atoms with Crippen molar-refractivity contribution >= 4 is 0 Å². The van der Waals surface area contributed by atoms with E-state index < -0.39 is 5.60 Å². The van der Waals surface area contributed by atoms with Crippen LogP contribution in [0.4, 0.5) is 0 Å². The predicted octanol–water partition coefficient (Wildman–Crippen LogP) is 2.75. The predicted molar refractivity (Wildman–Crippen MR) is 92.3 cm³/mol. The van der Waals surface area contributed by atoms with E-state index in [1.807, 2.05) is 33.2 Å². The molecule has 1 aliphatic heterocycles. The second-order valence-electron chi connectivity index (χ2n) is 7.03. The monoisotopic (exact) mass is 314 g/mol. The van der Waals surface area contributed by atoms with Gasteiger partial charge in [-0.2, -0.15) is 0 Å². The minimum atomic E-state index is -0.574. The lowest BCUT2D eigenvalue weighted by atomic mass is 10.0. The van der Waals surface area contributed by atoms with Crippen LogP contribution in [-0.2, 0) is 6.54 Å². The quantitative estimate of drug-likeness (QED) is 0.921. The van der Waals surface area contributed by atoms with Gasteiger partial charge in [0.2, 0.25) is 0 Å². The van der Waals surface area contributed by atoms with Crippen LogP contribution in [0, 0.1) is 6.92 Å². The number of hydrogen-bond acceptors (Lipinski definition) is 4. The van der Waals surface area contributed by atoms with Crippen molar-refractivity contribution in [2.24, 2.45) is 0 Å². The third kappa shape index (κ3) is 4.02. The molecule has 0 spiro atoms. The molecule has 1 aromatic carbocycles. The molecule has 1 saturated heterocycles. The average Bonchev–Trinajstić information content (AvgIpc) is 3.06. The van der Waals surface area contributed by atoms with Gasteiger partial charge in [0.05, 0.1) is 5.60 Å². The van der Waals surface area contributed by atoms with Crippen molar-refractivity contribution in [1.82, 2.24) is 9.80 Å². The Kier molecular flexibility index (Phi) is 4.57. The first-order chi connectivity index (χ1) is 10.9. The fourth-order valence-electron chi connectivity index (χ4n) is 3.42. The van der Waals surface area contributed by atoms with Gasteiger partial charge in [0, 0.05) is 31.7 Å². The SMILES string of the molecule is Cc1ccc(-c2ccc(CN3CC[C@@](O)(CN(C)C)C3)cc2)o1. The second-order valence-corrected chi connectivity index (χ2v) is 7.03. The molecule has 2 heterocycles. The summed E-state index contributed by atoms with van der Waals surface area (Å²) in [6.07, 6.45) is 0.842. The Morgan fingerprint density at radius 3 is 2.52 bits per heavy atom. The van der Waals surface area contributed by atoms with Crippen LogP contribution in [0.25, 0.3) is 11.3 Å². The highest BCUT2D eigenvalue weighted by Crippen LogP contribution is 2.25. The molecule has 0 radical (unpaired) electrons. The fraction of sp³-hybridized carbons (Fsp3) is 0.474. The highest BCUT2D eigenvalue weighted by Gasteiger charge is 2.36. The van der Waals surface area contributed by atoms with E-state index in [2.05, 4.69) is 34.1 Å². The van der Waals surface area contributed by atoms with Gasteiger partial charge in [-0.05, 0) is 45.1 Å². The number of likely N-dealkylation sites (N-methyl/N-ethyl adjacent to an activating group) is 1. The van der Waals surface area contributed by atoms with E-state index in [0.29, 0.717) is 0 Å². The number of rotatable bonds is 5. The molecule has 23 heavy (non-hydrogen) atoms. The number of benzene rings is 1. The van der Waals surface area contributed by atoms with Crippen molar-refractivity contribution < 1.29 is 9.52 Å². The summed E-state index contributed by atoms with van der Waals surface area (Å²) in [5, 5.41) is 10.6. The van der Waals surface area contributed by atoms with Crippen LogP contribution < -0.4 is 0 Å². The van der Waals surface area contributed by atoms with Crippen molar-refractivity contribution in [3.8, 4) is 11.3 Å². The first-order valence-electron chi connectivity index (χ1n) is 8.19. The largest absolute Gasteiger partial charge is 0.461 e. The van der Waals surface area contributed by atoms with Gasteiger partial charge in [-0.3, -0.25) is 4.90 Å². The average molecular weight is 314 g/mol. The normalized spacial score (nSPS) is 22.1. The van der Waals surface area contributed by atoms with E-state index >= 15 is 0 Å². The molecule has 1 N–H and O–H groups in total. The first-order valence-corrected chi connectivity index (χ1v) is 8.19. The Morgan fingerprint density at radius 1 is 1.17 bits per heavy atom. The molecule has 0 unspecified atom stereocenters. The lowest BCUT2D eigenvalue weighted by Gasteiger charge is -2.26. The molecule has 1 fully saturated rings. The van der Waals surface area contributed by atoms with Gasteiger partial charge in [0.1, 0.15) is 11.5 Å². The van der Waals surface area contributed by atoms with E-state index in [1.165, 1.54) is 5.56 Å². The molecule has 4 heteroatoms. The van der Waals surface area contributed by atoms with Gasteiger partial charge in [-0.1, -0.05) is 24.3 Å². The molecular weight excluding hydrogens is 288 g/mol.